The maximum absolute atomic E-state index is 14.6. The number of amides is 1. The zero-order chi connectivity index (χ0) is 15.2. The third kappa shape index (κ3) is 4.04. The summed E-state index contributed by atoms with van der Waals surface area (Å²) in [6, 6.07) is 9.56. The molecule has 112 valence electrons. The number of hydrogen-bond acceptors (Lipinski definition) is 2. The van der Waals surface area contributed by atoms with E-state index in [9.17, 15) is 14.3 Å². The highest BCUT2D eigenvalue weighted by molar-refractivity contribution is 5.85. The van der Waals surface area contributed by atoms with Crippen LogP contribution in [0.5, 0.6) is 0 Å². The van der Waals surface area contributed by atoms with Gasteiger partial charge in [-0.05, 0) is 39.2 Å². The van der Waals surface area contributed by atoms with Crippen LogP contribution in [0.1, 0.15) is 32.8 Å². The summed E-state index contributed by atoms with van der Waals surface area (Å²) >= 11 is 0. The van der Waals surface area contributed by atoms with Crippen LogP contribution in [-0.4, -0.2) is 40.8 Å². The molecule has 0 saturated carbocycles. The minimum atomic E-state index is -2.24. The van der Waals surface area contributed by atoms with Gasteiger partial charge < -0.3 is 10.0 Å². The van der Waals surface area contributed by atoms with Crippen LogP contribution in [0.3, 0.4) is 0 Å². The number of alkyl halides is 1. The lowest BCUT2D eigenvalue weighted by molar-refractivity contribution is -0.150. The minimum Gasteiger partial charge on any atom is -0.389 e. The van der Waals surface area contributed by atoms with Gasteiger partial charge in [-0.3, -0.25) is 4.79 Å². The maximum atomic E-state index is 14.6. The second-order valence-electron chi connectivity index (χ2n) is 5.09. The van der Waals surface area contributed by atoms with Crippen molar-refractivity contribution < 1.29 is 14.3 Å². The Morgan fingerprint density at radius 2 is 1.85 bits per heavy atom. The number of benzene rings is 1. The van der Waals surface area contributed by atoms with Gasteiger partial charge >= 0.3 is 0 Å². The largest absolute Gasteiger partial charge is 0.389 e. The molecule has 1 aromatic rings. The van der Waals surface area contributed by atoms with Gasteiger partial charge in [0, 0.05) is 13.1 Å². The third-order valence-corrected chi connectivity index (χ3v) is 3.64. The van der Waals surface area contributed by atoms with Crippen molar-refractivity contribution in [3.8, 4) is 0 Å². The quantitative estimate of drug-likeness (QED) is 0.834. The first-order chi connectivity index (χ1) is 9.43. The first kappa shape index (κ1) is 16.6. The van der Waals surface area contributed by atoms with E-state index in [0.717, 1.165) is 5.56 Å². The number of hydrogen-bond donors (Lipinski definition) is 1. The lowest BCUT2D eigenvalue weighted by atomic mass is 9.93. The average molecular weight is 281 g/mol. The summed E-state index contributed by atoms with van der Waals surface area (Å²) in [4.78, 5) is 13.5. The maximum Gasteiger partial charge on any atom is 0.262 e. The summed E-state index contributed by atoms with van der Waals surface area (Å²) in [5, 5.41) is 10.0. The van der Waals surface area contributed by atoms with Crippen molar-refractivity contribution in [2.45, 2.75) is 45.4 Å². The van der Waals surface area contributed by atoms with E-state index in [1.54, 1.807) is 13.8 Å². The number of carbonyl (C=O) groups excluding carboxylic acids is 1. The Morgan fingerprint density at radius 3 is 2.35 bits per heavy atom. The van der Waals surface area contributed by atoms with Gasteiger partial charge in [-0.15, -0.1) is 0 Å². The van der Waals surface area contributed by atoms with Gasteiger partial charge in [0.05, 0.1) is 6.10 Å². The molecule has 0 saturated heterocycles. The summed E-state index contributed by atoms with van der Waals surface area (Å²) < 4.78 is 14.6. The average Bonchev–Trinajstić information content (AvgIpc) is 2.46. The van der Waals surface area contributed by atoms with Crippen LogP contribution >= 0.6 is 0 Å². The molecule has 2 atom stereocenters. The second kappa shape index (κ2) is 7.39. The fourth-order valence-corrected chi connectivity index (χ4v) is 2.18. The number of aryl methyl sites for hydroxylation is 1. The van der Waals surface area contributed by atoms with E-state index in [-0.39, 0.29) is 6.42 Å². The SMILES string of the molecule is CCN(CC)C(=O)C(C)(F)C(O)CCc1ccccc1. The van der Waals surface area contributed by atoms with Crippen molar-refractivity contribution in [1.82, 2.24) is 4.90 Å². The van der Waals surface area contributed by atoms with Crippen molar-refractivity contribution in [1.29, 1.82) is 0 Å². The van der Waals surface area contributed by atoms with Crippen LogP contribution in [-0.2, 0) is 11.2 Å². The van der Waals surface area contributed by atoms with Crippen molar-refractivity contribution in [3.63, 3.8) is 0 Å². The van der Waals surface area contributed by atoms with Gasteiger partial charge in [0.1, 0.15) is 0 Å². The molecule has 0 bridgehead atoms. The smallest absolute Gasteiger partial charge is 0.262 e. The molecular formula is C16H24FNO2. The fourth-order valence-electron chi connectivity index (χ4n) is 2.18. The topological polar surface area (TPSA) is 40.5 Å². The van der Waals surface area contributed by atoms with Gasteiger partial charge in [-0.2, -0.15) is 0 Å². The summed E-state index contributed by atoms with van der Waals surface area (Å²) in [5.74, 6) is -0.636. The Hall–Kier alpha value is -1.42. The van der Waals surface area contributed by atoms with Gasteiger partial charge in [-0.25, -0.2) is 4.39 Å². The summed E-state index contributed by atoms with van der Waals surface area (Å²) in [6.45, 7) is 5.66. The number of halogens is 1. The molecule has 2 unspecified atom stereocenters. The minimum absolute atomic E-state index is 0.226. The number of rotatable bonds is 7. The molecule has 0 fully saturated rings. The molecule has 4 heteroatoms. The molecule has 0 spiro atoms. The highest BCUT2D eigenvalue weighted by Gasteiger charge is 2.42. The Balaban J connectivity index is 2.64. The van der Waals surface area contributed by atoms with Crippen molar-refractivity contribution in [3.05, 3.63) is 35.9 Å². The Kier molecular flexibility index (Phi) is 6.14. The number of nitrogens with zero attached hydrogens (tertiary/aromatic N) is 1. The predicted octanol–water partition coefficient (Wildman–Crippen LogP) is 2.58. The van der Waals surface area contributed by atoms with E-state index >= 15 is 0 Å². The van der Waals surface area contributed by atoms with Crippen LogP contribution in [0, 0.1) is 0 Å². The van der Waals surface area contributed by atoms with Crippen molar-refractivity contribution in [2.24, 2.45) is 0 Å². The number of carbonyl (C=O) groups is 1. The molecule has 0 radical (unpaired) electrons. The summed E-state index contributed by atoms with van der Waals surface area (Å²) in [7, 11) is 0. The molecular weight excluding hydrogens is 257 g/mol. The zero-order valence-electron chi connectivity index (χ0n) is 12.5. The Morgan fingerprint density at radius 1 is 1.30 bits per heavy atom. The van der Waals surface area contributed by atoms with E-state index < -0.39 is 17.7 Å². The molecule has 0 aliphatic rings. The first-order valence-electron chi connectivity index (χ1n) is 7.13. The summed E-state index contributed by atoms with van der Waals surface area (Å²) in [6.07, 6.45) is -0.521. The van der Waals surface area contributed by atoms with E-state index in [1.807, 2.05) is 30.3 Å². The molecule has 0 heterocycles. The second-order valence-corrected chi connectivity index (χ2v) is 5.09. The lowest BCUT2D eigenvalue weighted by Gasteiger charge is -2.31. The standard InChI is InChI=1S/C16H24FNO2/c1-4-18(5-2)15(20)16(3,17)14(19)12-11-13-9-7-6-8-10-13/h6-10,14,19H,4-5,11-12H2,1-3H3. The molecule has 0 aliphatic carbocycles. The van der Waals surface area contributed by atoms with Crippen LogP contribution in [0.4, 0.5) is 4.39 Å². The Labute approximate surface area is 120 Å². The lowest BCUT2D eigenvalue weighted by Crippen LogP contribution is -2.51. The van der Waals surface area contributed by atoms with Crippen LogP contribution in [0.2, 0.25) is 0 Å². The highest BCUT2D eigenvalue weighted by atomic mass is 19.1. The van der Waals surface area contributed by atoms with Gasteiger partial charge in [0.25, 0.3) is 5.91 Å². The fraction of sp³-hybridized carbons (Fsp3) is 0.562. The first-order valence-corrected chi connectivity index (χ1v) is 7.13. The Bertz CT molecular complexity index is 416. The van der Waals surface area contributed by atoms with Gasteiger partial charge in [0.15, 0.2) is 0 Å². The number of aliphatic hydroxyl groups is 1. The van der Waals surface area contributed by atoms with Crippen LogP contribution in [0.25, 0.3) is 0 Å². The van der Waals surface area contributed by atoms with E-state index in [4.69, 9.17) is 0 Å². The molecule has 0 aromatic heterocycles. The third-order valence-electron chi connectivity index (χ3n) is 3.64. The molecule has 3 nitrogen and oxygen atoms in total. The summed E-state index contributed by atoms with van der Waals surface area (Å²) in [5.41, 5.74) is -1.21. The molecule has 1 aromatic carbocycles. The monoisotopic (exact) mass is 281 g/mol. The van der Waals surface area contributed by atoms with Crippen LogP contribution < -0.4 is 0 Å². The van der Waals surface area contributed by atoms with Crippen molar-refractivity contribution in [2.75, 3.05) is 13.1 Å². The number of aliphatic hydroxyl groups excluding tert-OH is 1. The molecule has 0 aliphatic heterocycles. The van der Waals surface area contributed by atoms with Crippen LogP contribution in [0.15, 0.2) is 30.3 Å². The normalized spacial score (nSPS) is 15.4. The van der Waals surface area contributed by atoms with E-state index in [0.29, 0.717) is 19.5 Å². The zero-order valence-corrected chi connectivity index (χ0v) is 12.5. The van der Waals surface area contributed by atoms with Gasteiger partial charge in [0.2, 0.25) is 5.67 Å². The highest BCUT2D eigenvalue weighted by Crippen LogP contribution is 2.23. The molecule has 20 heavy (non-hydrogen) atoms. The molecule has 1 rings (SSSR count). The predicted molar refractivity (Wildman–Crippen MR) is 78.2 cm³/mol. The molecule has 1 amide bonds. The van der Waals surface area contributed by atoms with Gasteiger partial charge in [-0.1, -0.05) is 30.3 Å². The van der Waals surface area contributed by atoms with Crippen molar-refractivity contribution >= 4 is 5.91 Å². The van der Waals surface area contributed by atoms with E-state index in [1.165, 1.54) is 11.8 Å². The molecule has 1 N–H and O–H groups in total. The van der Waals surface area contributed by atoms with E-state index in [2.05, 4.69) is 0 Å².